The summed E-state index contributed by atoms with van der Waals surface area (Å²) in [6.07, 6.45) is 2.12. The Balaban J connectivity index is 1.99. The lowest BCUT2D eigenvalue weighted by molar-refractivity contribution is 0.415. The van der Waals surface area contributed by atoms with Gasteiger partial charge in [0.1, 0.15) is 11.6 Å². The Hall–Kier alpha value is -0.870. The van der Waals surface area contributed by atoms with Gasteiger partial charge in [-0.05, 0) is 36.0 Å². The van der Waals surface area contributed by atoms with Gasteiger partial charge in [-0.3, -0.25) is 0 Å². The number of ether oxygens (including phenoxy) is 1. The molecule has 5 heteroatoms. The smallest absolute Gasteiger partial charge is 0.121 e. The number of fused-ring (bicyclic) bond motifs is 1. The maximum atomic E-state index is 5.93. The van der Waals surface area contributed by atoms with Crippen molar-refractivity contribution in [2.75, 3.05) is 24.5 Å². The molecule has 0 spiro atoms. The quantitative estimate of drug-likeness (QED) is 0.790. The van der Waals surface area contributed by atoms with Gasteiger partial charge in [0.15, 0.2) is 0 Å². The van der Waals surface area contributed by atoms with Crippen molar-refractivity contribution in [3.8, 4) is 5.75 Å². The number of hydrogen-bond acceptors (Lipinski definition) is 3. The zero-order valence-corrected chi connectivity index (χ0v) is 13.2. The number of aryl methyl sites for hydroxylation is 1. The van der Waals surface area contributed by atoms with E-state index >= 15 is 0 Å². The summed E-state index contributed by atoms with van der Waals surface area (Å²) in [5.41, 5.74) is 2.21. The molecule has 2 aromatic rings. The molecule has 1 unspecified atom stereocenters. The first-order valence-corrected chi connectivity index (χ1v) is 8.67. The Morgan fingerprint density at radius 1 is 1.50 bits per heavy atom. The molecule has 1 aliphatic rings. The molecule has 1 saturated heterocycles. The normalized spacial score (nSPS) is 18.8. The minimum absolute atomic E-state index is 0.611. The molecule has 0 bridgehead atoms. The van der Waals surface area contributed by atoms with Crippen molar-refractivity contribution in [1.82, 2.24) is 9.55 Å². The summed E-state index contributed by atoms with van der Waals surface area (Å²) in [6, 6.07) is 6.13. The number of thioether (sulfide) groups is 1. The van der Waals surface area contributed by atoms with Crippen LogP contribution in [0, 0.1) is 5.92 Å². The topological polar surface area (TPSA) is 27.1 Å². The van der Waals surface area contributed by atoms with E-state index in [1.165, 1.54) is 23.4 Å². The number of alkyl halides is 1. The van der Waals surface area contributed by atoms with Gasteiger partial charge in [0.25, 0.3) is 0 Å². The zero-order chi connectivity index (χ0) is 13.9. The van der Waals surface area contributed by atoms with Crippen LogP contribution in [0.25, 0.3) is 11.0 Å². The van der Waals surface area contributed by atoms with Crippen LogP contribution in [0.2, 0.25) is 0 Å². The Kier molecular flexibility index (Phi) is 4.41. The molecule has 108 valence electrons. The zero-order valence-electron chi connectivity index (χ0n) is 11.6. The molecule has 0 aliphatic carbocycles. The molecule has 0 N–H and O–H groups in total. The lowest BCUT2D eigenvalue weighted by atomic mass is 10.1. The molecule has 3 nitrogen and oxygen atoms in total. The molecule has 1 atom stereocenters. The minimum Gasteiger partial charge on any atom is -0.497 e. The third-order valence-electron chi connectivity index (χ3n) is 3.82. The van der Waals surface area contributed by atoms with Gasteiger partial charge in [0.05, 0.1) is 18.1 Å². The number of benzene rings is 1. The molecule has 0 amide bonds. The third-order valence-corrected chi connectivity index (χ3v) is 5.24. The predicted molar refractivity (Wildman–Crippen MR) is 86.1 cm³/mol. The summed E-state index contributed by atoms with van der Waals surface area (Å²) < 4.78 is 7.64. The standard InChI is InChI=1S/C15H19ClN2OS/c1-19-12-2-3-14-13(8-12)17-15(4-6-16)18(14)9-11-5-7-20-10-11/h2-3,8,11H,4-7,9-10H2,1H3. The van der Waals surface area contributed by atoms with Gasteiger partial charge in [0, 0.05) is 24.9 Å². The number of halogens is 1. The van der Waals surface area contributed by atoms with Gasteiger partial charge in [-0.15, -0.1) is 11.6 Å². The first-order chi connectivity index (χ1) is 9.81. The molecule has 2 heterocycles. The summed E-state index contributed by atoms with van der Waals surface area (Å²) in [6.45, 7) is 1.06. The fourth-order valence-electron chi connectivity index (χ4n) is 2.75. The van der Waals surface area contributed by atoms with Gasteiger partial charge in [-0.25, -0.2) is 4.98 Å². The van der Waals surface area contributed by atoms with E-state index < -0.39 is 0 Å². The lowest BCUT2D eigenvalue weighted by Crippen LogP contribution is -2.13. The second kappa shape index (κ2) is 6.27. The first-order valence-electron chi connectivity index (χ1n) is 6.98. The molecular formula is C15H19ClN2OS. The van der Waals surface area contributed by atoms with Crippen LogP contribution >= 0.6 is 23.4 Å². The van der Waals surface area contributed by atoms with Crippen LogP contribution in [0.3, 0.4) is 0 Å². The van der Waals surface area contributed by atoms with Gasteiger partial charge in [-0.2, -0.15) is 11.8 Å². The Morgan fingerprint density at radius 3 is 3.10 bits per heavy atom. The van der Waals surface area contributed by atoms with Gasteiger partial charge in [0.2, 0.25) is 0 Å². The Labute approximate surface area is 128 Å². The Morgan fingerprint density at radius 2 is 2.40 bits per heavy atom. The summed E-state index contributed by atoms with van der Waals surface area (Å²) >= 11 is 7.98. The van der Waals surface area contributed by atoms with Gasteiger partial charge in [-0.1, -0.05) is 0 Å². The van der Waals surface area contributed by atoms with Gasteiger partial charge >= 0.3 is 0 Å². The summed E-state index contributed by atoms with van der Waals surface area (Å²) in [4.78, 5) is 4.74. The Bertz CT molecular complexity index is 593. The van der Waals surface area contributed by atoms with Crippen molar-refractivity contribution >= 4 is 34.4 Å². The van der Waals surface area contributed by atoms with E-state index in [9.17, 15) is 0 Å². The van der Waals surface area contributed by atoms with Crippen LogP contribution in [0.5, 0.6) is 5.75 Å². The van der Waals surface area contributed by atoms with E-state index in [-0.39, 0.29) is 0 Å². The van der Waals surface area contributed by atoms with Crippen LogP contribution in [0.15, 0.2) is 18.2 Å². The van der Waals surface area contributed by atoms with Crippen LogP contribution in [0.1, 0.15) is 12.2 Å². The number of nitrogens with zero attached hydrogens (tertiary/aromatic N) is 2. The molecule has 1 aliphatic heterocycles. The molecule has 3 rings (SSSR count). The summed E-state index contributed by atoms with van der Waals surface area (Å²) in [5, 5.41) is 0. The highest BCUT2D eigenvalue weighted by Crippen LogP contribution is 2.28. The second-order valence-corrected chi connectivity index (χ2v) is 6.69. The molecule has 1 fully saturated rings. The monoisotopic (exact) mass is 310 g/mol. The first kappa shape index (κ1) is 14.1. The molecule has 1 aromatic heterocycles. The van der Waals surface area contributed by atoms with Crippen LogP contribution < -0.4 is 4.74 Å². The fourth-order valence-corrected chi connectivity index (χ4v) is 4.19. The molecule has 0 saturated carbocycles. The maximum absolute atomic E-state index is 5.93. The fraction of sp³-hybridized carbons (Fsp3) is 0.533. The van der Waals surface area contributed by atoms with Crippen LogP contribution in [0.4, 0.5) is 0 Å². The highest BCUT2D eigenvalue weighted by atomic mass is 35.5. The highest BCUT2D eigenvalue weighted by Gasteiger charge is 2.19. The average molecular weight is 311 g/mol. The largest absolute Gasteiger partial charge is 0.497 e. The maximum Gasteiger partial charge on any atom is 0.121 e. The van der Waals surface area contributed by atoms with E-state index in [0.29, 0.717) is 5.88 Å². The number of imidazole rings is 1. The number of hydrogen-bond donors (Lipinski definition) is 0. The van der Waals surface area contributed by atoms with E-state index in [1.807, 2.05) is 12.1 Å². The molecule has 0 radical (unpaired) electrons. The van der Waals surface area contributed by atoms with Crippen molar-refractivity contribution in [3.63, 3.8) is 0 Å². The van der Waals surface area contributed by atoms with Crippen LogP contribution in [-0.4, -0.2) is 34.0 Å². The SMILES string of the molecule is COc1ccc2c(c1)nc(CCCl)n2CC1CCSC1. The van der Waals surface area contributed by atoms with Crippen molar-refractivity contribution in [3.05, 3.63) is 24.0 Å². The van der Waals surface area contributed by atoms with E-state index in [0.717, 1.165) is 36.0 Å². The number of rotatable bonds is 5. The van der Waals surface area contributed by atoms with Gasteiger partial charge < -0.3 is 9.30 Å². The van der Waals surface area contributed by atoms with E-state index in [1.54, 1.807) is 7.11 Å². The minimum atomic E-state index is 0.611. The molecular weight excluding hydrogens is 292 g/mol. The van der Waals surface area contributed by atoms with Crippen LogP contribution in [-0.2, 0) is 13.0 Å². The summed E-state index contributed by atoms with van der Waals surface area (Å²) in [5.74, 6) is 5.87. The van der Waals surface area contributed by atoms with Crippen molar-refractivity contribution in [1.29, 1.82) is 0 Å². The predicted octanol–water partition coefficient (Wildman–Crippen LogP) is 3.58. The van der Waals surface area contributed by atoms with Crippen molar-refractivity contribution in [2.45, 2.75) is 19.4 Å². The second-order valence-electron chi connectivity index (χ2n) is 5.16. The number of aromatic nitrogens is 2. The van der Waals surface area contributed by atoms with E-state index in [2.05, 4.69) is 22.4 Å². The summed E-state index contributed by atoms with van der Waals surface area (Å²) in [7, 11) is 1.69. The highest BCUT2D eigenvalue weighted by molar-refractivity contribution is 7.99. The van der Waals surface area contributed by atoms with E-state index in [4.69, 9.17) is 21.3 Å². The molecule has 1 aromatic carbocycles. The third kappa shape index (κ3) is 2.77. The lowest BCUT2D eigenvalue weighted by Gasteiger charge is -2.13. The molecule has 20 heavy (non-hydrogen) atoms. The van der Waals surface area contributed by atoms with Crippen molar-refractivity contribution < 1.29 is 4.74 Å². The average Bonchev–Trinajstić information content (AvgIpc) is 3.08. The van der Waals surface area contributed by atoms with Crippen molar-refractivity contribution in [2.24, 2.45) is 5.92 Å². The number of methoxy groups -OCH3 is 1.